The average molecular weight is 327 g/mol. The quantitative estimate of drug-likeness (QED) is 0.663. The van der Waals surface area contributed by atoms with Gasteiger partial charge in [-0.25, -0.2) is 4.98 Å². The largest absolute Gasteiger partial charge is 0.381 e. The summed E-state index contributed by atoms with van der Waals surface area (Å²) in [6.45, 7) is 1.86. The highest BCUT2D eigenvalue weighted by atomic mass is 35.5. The SMILES string of the molecule is CNc1c(Cl)cc(C(=O)Nc2ncc(C)s2)cc1[N+](=O)[O-]. The summed E-state index contributed by atoms with van der Waals surface area (Å²) in [5.74, 6) is -0.503. The van der Waals surface area contributed by atoms with E-state index in [0.717, 1.165) is 4.88 Å². The smallest absolute Gasteiger partial charge is 0.294 e. The average Bonchev–Trinajstić information content (AvgIpc) is 2.82. The minimum Gasteiger partial charge on any atom is -0.381 e. The Bertz CT molecular complexity index is 717. The highest BCUT2D eigenvalue weighted by molar-refractivity contribution is 7.15. The maximum atomic E-state index is 12.1. The molecule has 0 fully saturated rings. The zero-order valence-corrected chi connectivity index (χ0v) is 12.7. The highest BCUT2D eigenvalue weighted by Gasteiger charge is 2.21. The van der Waals surface area contributed by atoms with Crippen LogP contribution in [-0.4, -0.2) is 22.9 Å². The van der Waals surface area contributed by atoms with Crippen molar-refractivity contribution in [2.75, 3.05) is 17.7 Å². The number of carbonyl (C=O) groups excluding carboxylic acids is 1. The van der Waals surface area contributed by atoms with Crippen molar-refractivity contribution < 1.29 is 9.72 Å². The molecule has 9 heteroatoms. The zero-order valence-electron chi connectivity index (χ0n) is 11.1. The third kappa shape index (κ3) is 3.29. The molecule has 0 aliphatic heterocycles. The molecule has 2 N–H and O–H groups in total. The summed E-state index contributed by atoms with van der Waals surface area (Å²) in [5.41, 5.74) is 0.00679. The fourth-order valence-corrected chi connectivity index (χ4v) is 2.66. The molecule has 7 nitrogen and oxygen atoms in total. The van der Waals surface area contributed by atoms with Crippen molar-refractivity contribution in [2.45, 2.75) is 6.92 Å². The van der Waals surface area contributed by atoms with Gasteiger partial charge in [-0.3, -0.25) is 20.2 Å². The summed E-state index contributed by atoms with van der Waals surface area (Å²) in [6.07, 6.45) is 1.62. The van der Waals surface area contributed by atoms with Crippen LogP contribution in [-0.2, 0) is 0 Å². The summed E-state index contributed by atoms with van der Waals surface area (Å²) in [7, 11) is 1.52. The molecular weight excluding hydrogens is 316 g/mol. The van der Waals surface area contributed by atoms with E-state index < -0.39 is 10.8 Å². The summed E-state index contributed by atoms with van der Waals surface area (Å²) < 4.78 is 0. The number of nitrogens with zero attached hydrogens (tertiary/aromatic N) is 2. The van der Waals surface area contributed by atoms with Gasteiger partial charge in [0, 0.05) is 29.8 Å². The predicted octanol–water partition coefficient (Wildman–Crippen LogP) is 3.31. The van der Waals surface area contributed by atoms with E-state index in [-0.39, 0.29) is 22.0 Å². The third-order valence-corrected chi connectivity index (χ3v) is 3.75. The first kappa shape index (κ1) is 15.2. The van der Waals surface area contributed by atoms with E-state index in [0.29, 0.717) is 5.13 Å². The van der Waals surface area contributed by atoms with Gasteiger partial charge in [0.25, 0.3) is 11.6 Å². The first-order valence-corrected chi connectivity index (χ1v) is 7.01. The van der Waals surface area contributed by atoms with E-state index in [9.17, 15) is 14.9 Å². The Morgan fingerprint density at radius 3 is 2.71 bits per heavy atom. The Kier molecular flexibility index (Phi) is 4.39. The van der Waals surface area contributed by atoms with E-state index in [2.05, 4.69) is 15.6 Å². The van der Waals surface area contributed by atoms with Gasteiger partial charge in [-0.15, -0.1) is 11.3 Å². The van der Waals surface area contributed by atoms with Gasteiger partial charge in [0.15, 0.2) is 5.13 Å². The maximum absolute atomic E-state index is 12.1. The molecular formula is C12H11ClN4O3S. The number of thiazole rings is 1. The molecule has 1 heterocycles. The summed E-state index contributed by atoms with van der Waals surface area (Å²) in [5, 5.41) is 16.8. The topological polar surface area (TPSA) is 97.2 Å². The number of anilines is 2. The van der Waals surface area contributed by atoms with Crippen molar-refractivity contribution in [3.05, 3.63) is 43.9 Å². The molecule has 2 aromatic rings. The van der Waals surface area contributed by atoms with E-state index in [4.69, 9.17) is 11.6 Å². The van der Waals surface area contributed by atoms with Crippen molar-refractivity contribution in [3.8, 4) is 0 Å². The van der Waals surface area contributed by atoms with Crippen LogP contribution in [0.2, 0.25) is 5.02 Å². The Labute approximate surface area is 129 Å². The minimum atomic E-state index is -0.595. The Hall–Kier alpha value is -2.19. The zero-order chi connectivity index (χ0) is 15.6. The van der Waals surface area contributed by atoms with E-state index in [1.165, 1.54) is 30.5 Å². The van der Waals surface area contributed by atoms with Crippen molar-refractivity contribution in [1.29, 1.82) is 0 Å². The van der Waals surface area contributed by atoms with Crippen molar-refractivity contribution in [1.82, 2.24) is 4.98 Å². The summed E-state index contributed by atoms with van der Waals surface area (Å²) in [4.78, 5) is 27.5. The molecule has 0 radical (unpaired) electrons. The van der Waals surface area contributed by atoms with Gasteiger partial charge in [0.2, 0.25) is 0 Å². The van der Waals surface area contributed by atoms with Gasteiger partial charge in [-0.2, -0.15) is 0 Å². The molecule has 0 bridgehead atoms. The fraction of sp³-hybridized carbons (Fsp3) is 0.167. The van der Waals surface area contributed by atoms with Crippen LogP contribution < -0.4 is 10.6 Å². The van der Waals surface area contributed by atoms with E-state index in [1.54, 1.807) is 6.20 Å². The van der Waals surface area contributed by atoms with Crippen LogP contribution in [0.15, 0.2) is 18.3 Å². The lowest BCUT2D eigenvalue weighted by Crippen LogP contribution is -2.12. The third-order valence-electron chi connectivity index (χ3n) is 2.62. The fourth-order valence-electron chi connectivity index (χ4n) is 1.70. The van der Waals surface area contributed by atoms with Gasteiger partial charge in [0.1, 0.15) is 5.69 Å². The number of aryl methyl sites for hydroxylation is 1. The summed E-state index contributed by atoms with van der Waals surface area (Å²) >= 11 is 7.28. The number of amides is 1. The van der Waals surface area contributed by atoms with Crippen LogP contribution in [0.4, 0.5) is 16.5 Å². The number of halogens is 1. The molecule has 110 valence electrons. The molecule has 0 aliphatic carbocycles. The second kappa shape index (κ2) is 6.06. The molecule has 0 spiro atoms. The first-order valence-electron chi connectivity index (χ1n) is 5.82. The van der Waals surface area contributed by atoms with Gasteiger partial charge >= 0.3 is 0 Å². The Balaban J connectivity index is 2.35. The number of hydrogen-bond donors (Lipinski definition) is 2. The number of hydrogen-bond acceptors (Lipinski definition) is 6. The van der Waals surface area contributed by atoms with Crippen LogP contribution in [0.25, 0.3) is 0 Å². The molecule has 1 amide bonds. The van der Waals surface area contributed by atoms with Crippen LogP contribution >= 0.6 is 22.9 Å². The molecule has 1 aromatic heterocycles. The highest BCUT2D eigenvalue weighted by Crippen LogP contribution is 2.33. The lowest BCUT2D eigenvalue weighted by atomic mass is 10.1. The monoisotopic (exact) mass is 326 g/mol. The minimum absolute atomic E-state index is 0.0959. The normalized spacial score (nSPS) is 10.2. The number of rotatable bonds is 4. The van der Waals surface area contributed by atoms with Crippen molar-refractivity contribution in [2.24, 2.45) is 0 Å². The van der Waals surface area contributed by atoms with Crippen LogP contribution in [0.5, 0.6) is 0 Å². The lowest BCUT2D eigenvalue weighted by Gasteiger charge is -2.07. The molecule has 21 heavy (non-hydrogen) atoms. The van der Waals surface area contributed by atoms with Gasteiger partial charge < -0.3 is 5.32 Å². The molecule has 0 unspecified atom stereocenters. The number of nitro groups is 1. The van der Waals surface area contributed by atoms with E-state index >= 15 is 0 Å². The molecule has 1 aromatic carbocycles. The molecule has 2 rings (SSSR count). The number of benzene rings is 1. The molecule has 0 atom stereocenters. The first-order chi connectivity index (χ1) is 9.92. The van der Waals surface area contributed by atoms with Crippen molar-refractivity contribution >= 4 is 45.4 Å². The molecule has 0 aliphatic rings. The van der Waals surface area contributed by atoms with Crippen molar-refractivity contribution in [3.63, 3.8) is 0 Å². The standard InChI is InChI=1S/C12H11ClN4O3S/c1-6-5-15-12(21-6)16-11(18)7-3-8(13)10(14-2)9(4-7)17(19)20/h3-5,14H,1-2H3,(H,15,16,18). The maximum Gasteiger partial charge on any atom is 0.294 e. The number of carbonyl (C=O) groups is 1. The Morgan fingerprint density at radius 1 is 1.48 bits per heavy atom. The second-order valence-corrected chi connectivity index (χ2v) is 5.73. The van der Waals surface area contributed by atoms with Gasteiger partial charge in [-0.05, 0) is 13.0 Å². The second-order valence-electron chi connectivity index (χ2n) is 4.09. The summed E-state index contributed by atoms with van der Waals surface area (Å²) in [6, 6.07) is 2.55. The predicted molar refractivity (Wildman–Crippen MR) is 82.5 cm³/mol. The van der Waals surface area contributed by atoms with E-state index in [1.807, 2.05) is 6.92 Å². The lowest BCUT2D eigenvalue weighted by molar-refractivity contribution is -0.383. The van der Waals surface area contributed by atoms with Crippen LogP contribution in [0.1, 0.15) is 15.2 Å². The van der Waals surface area contributed by atoms with Gasteiger partial charge in [-0.1, -0.05) is 11.6 Å². The molecule has 0 saturated carbocycles. The van der Waals surface area contributed by atoms with Gasteiger partial charge in [0.05, 0.1) is 9.95 Å². The molecule has 0 saturated heterocycles. The number of nitrogens with one attached hydrogen (secondary N) is 2. The van der Waals surface area contributed by atoms with Crippen LogP contribution in [0.3, 0.4) is 0 Å². The number of aromatic nitrogens is 1. The van der Waals surface area contributed by atoms with Crippen LogP contribution in [0, 0.1) is 17.0 Å². The Morgan fingerprint density at radius 2 is 2.19 bits per heavy atom. The number of nitro benzene ring substituents is 1.